The molecule has 1 rings (SSSR count). The van der Waals surface area contributed by atoms with E-state index in [4.69, 9.17) is 0 Å². The summed E-state index contributed by atoms with van der Waals surface area (Å²) in [6.45, 7) is 0. The number of rotatable bonds is 0. The highest BCUT2D eigenvalue weighted by Crippen LogP contribution is 2.17. The normalized spacial score (nSPS) is 10.0. The van der Waals surface area contributed by atoms with Gasteiger partial charge in [0, 0.05) is 12.1 Å². The highest BCUT2D eigenvalue weighted by molar-refractivity contribution is 9.10. The molecule has 53 valence electrons. The minimum Gasteiger partial charge on any atom is -0.206 e. The first-order chi connectivity index (χ1) is 4.61. The summed E-state index contributed by atoms with van der Waals surface area (Å²) in [5, 5.41) is 0. The van der Waals surface area contributed by atoms with E-state index in [2.05, 4.69) is 15.9 Å². The van der Waals surface area contributed by atoms with Gasteiger partial charge < -0.3 is 0 Å². The first-order valence-corrected chi connectivity index (χ1v) is 3.13. The average Bonchev–Trinajstić information content (AvgIpc) is 1.84. The van der Waals surface area contributed by atoms with Crippen LogP contribution in [0.25, 0.3) is 0 Å². The minimum atomic E-state index is -1.24. The molecule has 0 saturated carbocycles. The molecule has 0 N–H and O–H groups in total. The molecule has 0 saturated heterocycles. The van der Waals surface area contributed by atoms with Crippen molar-refractivity contribution in [2.24, 2.45) is 0 Å². The quantitative estimate of drug-likeness (QED) is 0.577. The summed E-state index contributed by atoms with van der Waals surface area (Å²) >= 11 is 2.64. The number of halogens is 4. The molecule has 0 bridgehead atoms. The van der Waals surface area contributed by atoms with E-state index in [0.717, 1.165) is 0 Å². The zero-order chi connectivity index (χ0) is 7.72. The number of hydrogen-bond donors (Lipinski definition) is 0. The van der Waals surface area contributed by atoms with Gasteiger partial charge in [0.05, 0.1) is 4.47 Å². The van der Waals surface area contributed by atoms with Crippen LogP contribution in [0.4, 0.5) is 13.2 Å². The average molecular weight is 210 g/mol. The molecule has 0 spiro atoms. The first-order valence-electron chi connectivity index (χ1n) is 2.33. The topological polar surface area (TPSA) is 0 Å². The summed E-state index contributed by atoms with van der Waals surface area (Å²) in [4.78, 5) is 0. The van der Waals surface area contributed by atoms with Gasteiger partial charge in [0.25, 0.3) is 0 Å². The third kappa shape index (κ3) is 1.31. The van der Waals surface area contributed by atoms with Gasteiger partial charge in [-0.15, -0.1) is 0 Å². The monoisotopic (exact) mass is 209 g/mol. The maximum absolute atomic E-state index is 12.3. The molecule has 0 aliphatic heterocycles. The van der Waals surface area contributed by atoms with Crippen LogP contribution < -0.4 is 0 Å². The molecule has 0 aliphatic rings. The molecule has 1 aromatic carbocycles. The second-order valence-electron chi connectivity index (χ2n) is 1.59. The van der Waals surface area contributed by atoms with Gasteiger partial charge in [0.1, 0.15) is 5.82 Å². The molecule has 0 atom stereocenters. The Hall–Kier alpha value is -0.510. The van der Waals surface area contributed by atoms with E-state index in [0.29, 0.717) is 6.07 Å². The summed E-state index contributed by atoms with van der Waals surface area (Å²) < 4.78 is 36.3. The molecular weight excluding hydrogens is 209 g/mol. The van der Waals surface area contributed by atoms with Crippen LogP contribution in [0.2, 0.25) is 0 Å². The lowest BCUT2D eigenvalue weighted by atomic mass is 10.3. The van der Waals surface area contributed by atoms with E-state index < -0.39 is 17.5 Å². The van der Waals surface area contributed by atoms with Crippen molar-refractivity contribution >= 4 is 15.9 Å². The van der Waals surface area contributed by atoms with E-state index in [1.165, 1.54) is 0 Å². The van der Waals surface area contributed by atoms with Crippen LogP contribution in [0.3, 0.4) is 0 Å². The van der Waals surface area contributed by atoms with Crippen molar-refractivity contribution in [3.63, 3.8) is 0 Å². The molecule has 0 aliphatic carbocycles. The molecule has 0 aromatic heterocycles. The second kappa shape index (κ2) is 2.62. The van der Waals surface area contributed by atoms with Crippen LogP contribution >= 0.6 is 15.9 Å². The molecule has 1 radical (unpaired) electrons. The van der Waals surface area contributed by atoms with Crippen molar-refractivity contribution in [1.82, 2.24) is 0 Å². The Labute approximate surface area is 63.8 Å². The predicted molar refractivity (Wildman–Crippen MR) is 32.9 cm³/mol. The fourth-order valence-corrected chi connectivity index (χ4v) is 0.742. The van der Waals surface area contributed by atoms with Gasteiger partial charge in [0.15, 0.2) is 11.6 Å². The van der Waals surface area contributed by atoms with Crippen LogP contribution in [0, 0.1) is 23.5 Å². The van der Waals surface area contributed by atoms with E-state index in [9.17, 15) is 13.2 Å². The molecule has 10 heavy (non-hydrogen) atoms. The predicted octanol–water partition coefficient (Wildman–Crippen LogP) is 2.67. The summed E-state index contributed by atoms with van der Waals surface area (Å²) in [6, 6.07) is 2.26. The lowest BCUT2D eigenvalue weighted by molar-refractivity contribution is 0.491. The Morgan fingerprint density at radius 2 is 1.80 bits per heavy atom. The van der Waals surface area contributed by atoms with Gasteiger partial charge in [-0.3, -0.25) is 0 Å². The molecule has 0 unspecified atom stereocenters. The second-order valence-corrected chi connectivity index (χ2v) is 2.39. The number of benzene rings is 1. The smallest absolute Gasteiger partial charge is 0.168 e. The molecule has 0 fully saturated rings. The van der Waals surface area contributed by atoms with Crippen LogP contribution in [0.1, 0.15) is 0 Å². The van der Waals surface area contributed by atoms with Crippen molar-refractivity contribution < 1.29 is 13.2 Å². The largest absolute Gasteiger partial charge is 0.206 e. The molecular formula is C6HBrF3. The molecule has 0 amide bonds. The summed E-state index contributed by atoms with van der Waals surface area (Å²) in [5.74, 6) is -3.28. The fraction of sp³-hybridized carbons (Fsp3) is 0. The highest BCUT2D eigenvalue weighted by Gasteiger charge is 2.06. The van der Waals surface area contributed by atoms with Gasteiger partial charge in [0.2, 0.25) is 0 Å². The summed E-state index contributed by atoms with van der Waals surface area (Å²) in [5.41, 5.74) is 0. The molecule has 0 heterocycles. The summed E-state index contributed by atoms with van der Waals surface area (Å²) in [7, 11) is 0. The Kier molecular flexibility index (Phi) is 1.99. The SMILES string of the molecule is Fc1[c]c(Br)c(F)cc1F. The van der Waals surface area contributed by atoms with E-state index in [1.54, 1.807) is 6.07 Å². The van der Waals surface area contributed by atoms with Gasteiger partial charge in [-0.05, 0) is 15.9 Å². The molecule has 4 heteroatoms. The summed E-state index contributed by atoms with van der Waals surface area (Å²) in [6.07, 6.45) is 0. The highest BCUT2D eigenvalue weighted by atomic mass is 79.9. The minimum absolute atomic E-state index is 0.202. The Balaban J connectivity index is 3.28. The molecule has 1 aromatic rings. The fourth-order valence-electron chi connectivity index (χ4n) is 0.454. The van der Waals surface area contributed by atoms with Gasteiger partial charge in [-0.25, -0.2) is 13.2 Å². The van der Waals surface area contributed by atoms with Crippen molar-refractivity contribution in [2.75, 3.05) is 0 Å². The Morgan fingerprint density at radius 1 is 1.20 bits per heavy atom. The van der Waals surface area contributed by atoms with Crippen LogP contribution in [0.15, 0.2) is 10.5 Å². The van der Waals surface area contributed by atoms with E-state index in [1.807, 2.05) is 0 Å². The van der Waals surface area contributed by atoms with Crippen LogP contribution in [0.5, 0.6) is 0 Å². The maximum atomic E-state index is 12.3. The standard InChI is InChI=1S/C6HBrF3/c7-3-1-5(9)6(10)2-4(3)8/h2H. The van der Waals surface area contributed by atoms with Crippen LogP contribution in [-0.2, 0) is 0 Å². The van der Waals surface area contributed by atoms with Gasteiger partial charge >= 0.3 is 0 Å². The van der Waals surface area contributed by atoms with Gasteiger partial charge in [-0.1, -0.05) is 0 Å². The Bertz CT molecular complexity index is 209. The third-order valence-electron chi connectivity index (χ3n) is 0.892. The van der Waals surface area contributed by atoms with Crippen molar-refractivity contribution in [1.29, 1.82) is 0 Å². The van der Waals surface area contributed by atoms with Gasteiger partial charge in [-0.2, -0.15) is 0 Å². The van der Waals surface area contributed by atoms with E-state index >= 15 is 0 Å². The van der Waals surface area contributed by atoms with Crippen LogP contribution in [-0.4, -0.2) is 0 Å². The molecule has 0 nitrogen and oxygen atoms in total. The number of hydrogen-bond acceptors (Lipinski definition) is 0. The maximum Gasteiger partial charge on any atom is 0.168 e. The Morgan fingerprint density at radius 3 is 2.30 bits per heavy atom. The van der Waals surface area contributed by atoms with Crippen molar-refractivity contribution in [3.8, 4) is 0 Å². The van der Waals surface area contributed by atoms with E-state index in [-0.39, 0.29) is 4.47 Å². The van der Waals surface area contributed by atoms with Crippen molar-refractivity contribution in [2.45, 2.75) is 0 Å². The zero-order valence-electron chi connectivity index (χ0n) is 4.59. The lowest BCUT2D eigenvalue weighted by Gasteiger charge is -1.93. The lowest BCUT2D eigenvalue weighted by Crippen LogP contribution is -1.87. The zero-order valence-corrected chi connectivity index (χ0v) is 6.18. The third-order valence-corrected chi connectivity index (χ3v) is 1.47. The first kappa shape index (κ1) is 7.60. The van der Waals surface area contributed by atoms with Crippen molar-refractivity contribution in [3.05, 3.63) is 34.1 Å².